The van der Waals surface area contributed by atoms with Gasteiger partial charge in [0.1, 0.15) is 18.2 Å². The number of anilines is 1. The fraction of sp³-hybridized carbons (Fsp3) is 0.111. The summed E-state index contributed by atoms with van der Waals surface area (Å²) in [4.78, 5) is 29.3. The lowest BCUT2D eigenvalue weighted by Gasteiger charge is -2.19. The third-order valence-electron chi connectivity index (χ3n) is 5.60. The van der Waals surface area contributed by atoms with E-state index in [-0.39, 0.29) is 30.0 Å². The van der Waals surface area contributed by atoms with Gasteiger partial charge in [-0.1, -0.05) is 60.7 Å². The van der Waals surface area contributed by atoms with Crippen LogP contribution in [0.2, 0.25) is 0 Å². The number of benzene rings is 3. The molecule has 1 unspecified atom stereocenters. The summed E-state index contributed by atoms with van der Waals surface area (Å²) in [7, 11) is 0. The van der Waals surface area contributed by atoms with Crippen molar-refractivity contribution < 1.29 is 14.0 Å². The molecule has 0 fully saturated rings. The Hall–Kier alpha value is -4.72. The lowest BCUT2D eigenvalue weighted by atomic mass is 10.1. The standard InChI is InChI=1S/C27H23N5O3/c33-26(31-23(16-32-18-28-17-29-32)20-6-2-1-3-7-20)14-19-10-12-22(13-11-19)30-27(34)25-15-21-8-4-5-9-24(21)35-25/h1-13,15,17-18,23H,14,16H2,(H,30,34)(H,31,33). The van der Waals surface area contributed by atoms with Gasteiger partial charge in [-0.2, -0.15) is 5.10 Å². The van der Waals surface area contributed by atoms with Gasteiger partial charge >= 0.3 is 0 Å². The van der Waals surface area contributed by atoms with Crippen molar-refractivity contribution in [2.75, 3.05) is 5.32 Å². The molecule has 35 heavy (non-hydrogen) atoms. The maximum absolute atomic E-state index is 12.8. The van der Waals surface area contributed by atoms with E-state index >= 15 is 0 Å². The van der Waals surface area contributed by atoms with Gasteiger partial charge in [0.25, 0.3) is 5.91 Å². The highest BCUT2D eigenvalue weighted by atomic mass is 16.3. The molecule has 0 aliphatic carbocycles. The van der Waals surface area contributed by atoms with Gasteiger partial charge in [0.2, 0.25) is 5.91 Å². The molecule has 0 aliphatic rings. The van der Waals surface area contributed by atoms with Crippen LogP contribution < -0.4 is 10.6 Å². The summed E-state index contributed by atoms with van der Waals surface area (Å²) in [5.41, 5.74) is 3.10. The minimum atomic E-state index is -0.328. The molecule has 0 aliphatic heterocycles. The fourth-order valence-electron chi connectivity index (χ4n) is 3.86. The maximum atomic E-state index is 12.8. The number of carbonyl (C=O) groups is 2. The molecule has 1 atom stereocenters. The highest BCUT2D eigenvalue weighted by molar-refractivity contribution is 6.04. The number of furan rings is 1. The molecule has 0 spiro atoms. The number of rotatable bonds is 8. The molecule has 5 rings (SSSR count). The van der Waals surface area contributed by atoms with Crippen molar-refractivity contribution in [2.45, 2.75) is 19.0 Å². The number of para-hydroxylation sites is 1. The molecule has 2 N–H and O–H groups in total. The number of nitrogens with one attached hydrogen (secondary N) is 2. The normalized spacial score (nSPS) is 11.8. The molecule has 0 bridgehead atoms. The molecular weight excluding hydrogens is 442 g/mol. The van der Waals surface area contributed by atoms with Crippen LogP contribution in [0.1, 0.15) is 27.7 Å². The van der Waals surface area contributed by atoms with E-state index in [4.69, 9.17) is 4.42 Å². The first-order valence-corrected chi connectivity index (χ1v) is 11.2. The van der Waals surface area contributed by atoms with Crippen LogP contribution in [0.15, 0.2) is 102 Å². The molecule has 2 heterocycles. The van der Waals surface area contributed by atoms with Gasteiger partial charge < -0.3 is 15.1 Å². The Balaban J connectivity index is 1.21. The monoisotopic (exact) mass is 465 g/mol. The minimum absolute atomic E-state index is 0.113. The summed E-state index contributed by atoms with van der Waals surface area (Å²) in [5.74, 6) is -0.197. The number of aromatic nitrogens is 3. The van der Waals surface area contributed by atoms with Gasteiger partial charge in [0, 0.05) is 11.1 Å². The molecule has 3 aromatic carbocycles. The minimum Gasteiger partial charge on any atom is -0.451 e. The number of nitrogens with zero attached hydrogens (tertiary/aromatic N) is 3. The molecule has 5 aromatic rings. The quantitative estimate of drug-likeness (QED) is 0.354. The van der Waals surface area contributed by atoms with Gasteiger partial charge in [0.15, 0.2) is 5.76 Å². The number of carbonyl (C=O) groups excluding carboxylic acids is 2. The molecule has 0 saturated carbocycles. The second-order valence-corrected chi connectivity index (χ2v) is 8.12. The van der Waals surface area contributed by atoms with Crippen molar-refractivity contribution in [3.05, 3.63) is 114 Å². The Kier molecular flexibility index (Phi) is 6.34. The Morgan fingerprint density at radius 1 is 0.943 bits per heavy atom. The number of hydrogen-bond donors (Lipinski definition) is 2. The van der Waals surface area contributed by atoms with Crippen LogP contribution >= 0.6 is 0 Å². The van der Waals surface area contributed by atoms with E-state index in [1.807, 2.05) is 66.7 Å². The summed E-state index contributed by atoms with van der Waals surface area (Å²) >= 11 is 0. The lowest BCUT2D eigenvalue weighted by Crippen LogP contribution is -2.32. The van der Waals surface area contributed by atoms with Crippen LogP contribution in [0.5, 0.6) is 0 Å². The third-order valence-corrected chi connectivity index (χ3v) is 5.60. The zero-order valence-electron chi connectivity index (χ0n) is 18.8. The zero-order chi connectivity index (χ0) is 24.0. The fourth-order valence-corrected chi connectivity index (χ4v) is 3.86. The Morgan fingerprint density at radius 2 is 1.71 bits per heavy atom. The van der Waals surface area contributed by atoms with E-state index in [0.29, 0.717) is 17.8 Å². The topological polar surface area (TPSA) is 102 Å². The van der Waals surface area contributed by atoms with Crippen LogP contribution in [-0.4, -0.2) is 26.6 Å². The molecule has 8 heteroatoms. The summed E-state index contributed by atoms with van der Waals surface area (Å²) in [6.45, 7) is 0.475. The largest absolute Gasteiger partial charge is 0.451 e. The molecule has 2 amide bonds. The Bertz CT molecular complexity index is 1390. The van der Waals surface area contributed by atoms with Crippen molar-refractivity contribution >= 4 is 28.5 Å². The second kappa shape index (κ2) is 10.0. The molecule has 174 valence electrons. The van der Waals surface area contributed by atoms with Gasteiger partial charge in [-0.3, -0.25) is 14.3 Å². The van der Waals surface area contributed by atoms with Gasteiger partial charge in [-0.05, 0) is 35.4 Å². The SMILES string of the molecule is O=C(Cc1ccc(NC(=O)c2cc3ccccc3o2)cc1)NC(Cn1cncn1)c1ccccc1. The highest BCUT2D eigenvalue weighted by Crippen LogP contribution is 2.20. The van der Waals surface area contributed by atoms with E-state index in [0.717, 1.165) is 16.5 Å². The van der Waals surface area contributed by atoms with E-state index in [2.05, 4.69) is 20.7 Å². The smallest absolute Gasteiger partial charge is 0.291 e. The highest BCUT2D eigenvalue weighted by Gasteiger charge is 2.16. The van der Waals surface area contributed by atoms with Crippen LogP contribution in [0.4, 0.5) is 5.69 Å². The lowest BCUT2D eigenvalue weighted by molar-refractivity contribution is -0.121. The van der Waals surface area contributed by atoms with E-state index in [1.165, 1.54) is 6.33 Å². The summed E-state index contributed by atoms with van der Waals surface area (Å²) in [5, 5.41) is 10.9. The summed E-state index contributed by atoms with van der Waals surface area (Å²) < 4.78 is 7.31. The first-order chi connectivity index (χ1) is 17.1. The maximum Gasteiger partial charge on any atom is 0.291 e. The van der Waals surface area contributed by atoms with E-state index < -0.39 is 0 Å². The molecule has 8 nitrogen and oxygen atoms in total. The molecule has 0 saturated heterocycles. The van der Waals surface area contributed by atoms with Crippen LogP contribution in [0, 0.1) is 0 Å². The second-order valence-electron chi connectivity index (χ2n) is 8.12. The molecule has 2 aromatic heterocycles. The van der Waals surface area contributed by atoms with Crippen molar-refractivity contribution in [3.8, 4) is 0 Å². The number of amides is 2. The van der Waals surface area contributed by atoms with Crippen LogP contribution in [0.25, 0.3) is 11.0 Å². The number of fused-ring (bicyclic) bond motifs is 1. The van der Waals surface area contributed by atoms with E-state index in [9.17, 15) is 9.59 Å². The predicted molar refractivity (Wildman–Crippen MR) is 132 cm³/mol. The van der Waals surface area contributed by atoms with Crippen molar-refractivity contribution in [1.82, 2.24) is 20.1 Å². The first kappa shape index (κ1) is 22.1. The summed E-state index contributed by atoms with van der Waals surface area (Å²) in [6, 6.07) is 25.9. The van der Waals surface area contributed by atoms with Crippen molar-refractivity contribution in [3.63, 3.8) is 0 Å². The van der Waals surface area contributed by atoms with E-state index in [1.54, 1.807) is 29.2 Å². The Morgan fingerprint density at radius 3 is 2.46 bits per heavy atom. The van der Waals surface area contributed by atoms with Crippen LogP contribution in [0.3, 0.4) is 0 Å². The van der Waals surface area contributed by atoms with Gasteiger partial charge in [-0.15, -0.1) is 0 Å². The van der Waals surface area contributed by atoms with Crippen molar-refractivity contribution in [1.29, 1.82) is 0 Å². The third kappa shape index (κ3) is 5.44. The average molecular weight is 466 g/mol. The molecule has 0 radical (unpaired) electrons. The van der Waals surface area contributed by atoms with Crippen molar-refractivity contribution in [2.24, 2.45) is 0 Å². The summed E-state index contributed by atoms with van der Waals surface area (Å²) in [6.07, 6.45) is 3.30. The zero-order valence-corrected chi connectivity index (χ0v) is 18.8. The predicted octanol–water partition coefficient (Wildman–Crippen LogP) is 4.38. The number of hydrogen-bond acceptors (Lipinski definition) is 5. The average Bonchev–Trinajstić information content (AvgIpc) is 3.55. The molecular formula is C27H23N5O3. The first-order valence-electron chi connectivity index (χ1n) is 11.2. The van der Waals surface area contributed by atoms with Gasteiger partial charge in [0.05, 0.1) is 19.0 Å². The van der Waals surface area contributed by atoms with Crippen LogP contribution in [-0.2, 0) is 17.8 Å². The van der Waals surface area contributed by atoms with Gasteiger partial charge in [-0.25, -0.2) is 4.98 Å². The Labute approximate surface area is 201 Å².